The van der Waals surface area contributed by atoms with Crippen LogP contribution in [0.4, 0.5) is 5.95 Å². The molecular weight excluding hydrogens is 293 g/mol. The Balaban J connectivity index is 2.32. The SMILES string of the molecule is CN(C)c1nc(Cl)nc(Sc2ncccc2Cl)n1. The summed E-state index contributed by atoms with van der Waals surface area (Å²) >= 11 is 13.1. The van der Waals surface area contributed by atoms with Crippen molar-refractivity contribution in [1.82, 2.24) is 19.9 Å². The summed E-state index contributed by atoms with van der Waals surface area (Å²) in [6, 6.07) is 3.52. The van der Waals surface area contributed by atoms with Crippen LogP contribution in [0.25, 0.3) is 0 Å². The molecule has 0 N–H and O–H groups in total. The number of hydrogen-bond acceptors (Lipinski definition) is 6. The van der Waals surface area contributed by atoms with Crippen LogP contribution in [0.15, 0.2) is 28.5 Å². The largest absolute Gasteiger partial charge is 0.347 e. The fourth-order valence-electron chi connectivity index (χ4n) is 1.10. The molecule has 0 spiro atoms. The van der Waals surface area contributed by atoms with Gasteiger partial charge in [0.05, 0.1) is 5.02 Å². The number of rotatable bonds is 3. The molecule has 5 nitrogen and oxygen atoms in total. The quantitative estimate of drug-likeness (QED) is 0.869. The van der Waals surface area contributed by atoms with Crippen molar-refractivity contribution in [3.63, 3.8) is 0 Å². The van der Waals surface area contributed by atoms with E-state index in [-0.39, 0.29) is 5.28 Å². The summed E-state index contributed by atoms with van der Waals surface area (Å²) in [6.07, 6.45) is 1.66. The van der Waals surface area contributed by atoms with Crippen LogP contribution in [-0.4, -0.2) is 34.0 Å². The zero-order valence-electron chi connectivity index (χ0n) is 9.63. The first kappa shape index (κ1) is 13.3. The first-order valence-electron chi connectivity index (χ1n) is 4.93. The minimum Gasteiger partial charge on any atom is -0.347 e. The normalized spacial score (nSPS) is 10.4. The third kappa shape index (κ3) is 3.22. The van der Waals surface area contributed by atoms with E-state index in [0.29, 0.717) is 21.2 Å². The van der Waals surface area contributed by atoms with Crippen molar-refractivity contribution in [2.75, 3.05) is 19.0 Å². The summed E-state index contributed by atoms with van der Waals surface area (Å²) in [5, 5.41) is 1.78. The van der Waals surface area contributed by atoms with Crippen molar-refractivity contribution in [2.45, 2.75) is 10.2 Å². The molecule has 94 valence electrons. The van der Waals surface area contributed by atoms with Gasteiger partial charge in [-0.15, -0.1) is 0 Å². The Morgan fingerprint density at radius 1 is 1.17 bits per heavy atom. The summed E-state index contributed by atoms with van der Waals surface area (Å²) in [6.45, 7) is 0. The summed E-state index contributed by atoms with van der Waals surface area (Å²) in [4.78, 5) is 18.2. The predicted molar refractivity (Wildman–Crippen MR) is 72.5 cm³/mol. The second kappa shape index (κ2) is 5.69. The van der Waals surface area contributed by atoms with Gasteiger partial charge in [-0.2, -0.15) is 15.0 Å². The van der Waals surface area contributed by atoms with Gasteiger partial charge in [0.1, 0.15) is 5.03 Å². The van der Waals surface area contributed by atoms with Gasteiger partial charge in [0.25, 0.3) is 0 Å². The zero-order valence-corrected chi connectivity index (χ0v) is 12.0. The molecule has 0 unspecified atom stereocenters. The van der Waals surface area contributed by atoms with Crippen molar-refractivity contribution >= 4 is 40.9 Å². The van der Waals surface area contributed by atoms with Gasteiger partial charge in [0, 0.05) is 20.3 Å². The topological polar surface area (TPSA) is 54.8 Å². The summed E-state index contributed by atoms with van der Waals surface area (Å²) in [7, 11) is 3.65. The molecule has 0 aromatic carbocycles. The highest BCUT2D eigenvalue weighted by Gasteiger charge is 2.10. The molecule has 0 aliphatic carbocycles. The predicted octanol–water partition coefficient (Wildman–Crippen LogP) is 2.79. The van der Waals surface area contributed by atoms with E-state index < -0.39 is 0 Å². The van der Waals surface area contributed by atoms with Crippen LogP contribution in [0, 0.1) is 0 Å². The van der Waals surface area contributed by atoms with Crippen molar-refractivity contribution in [2.24, 2.45) is 0 Å². The Kier molecular flexibility index (Phi) is 4.21. The van der Waals surface area contributed by atoms with Crippen LogP contribution in [0.5, 0.6) is 0 Å². The fourth-order valence-corrected chi connectivity index (χ4v) is 2.25. The highest BCUT2D eigenvalue weighted by Crippen LogP contribution is 2.29. The molecule has 0 amide bonds. The number of nitrogens with zero attached hydrogens (tertiary/aromatic N) is 5. The molecule has 0 saturated heterocycles. The van der Waals surface area contributed by atoms with Crippen LogP contribution < -0.4 is 4.90 Å². The fraction of sp³-hybridized carbons (Fsp3) is 0.200. The van der Waals surface area contributed by atoms with E-state index in [1.807, 2.05) is 14.1 Å². The van der Waals surface area contributed by atoms with E-state index >= 15 is 0 Å². The molecule has 0 atom stereocenters. The number of halogens is 2. The molecule has 2 heterocycles. The average Bonchev–Trinajstić information content (AvgIpc) is 2.31. The highest BCUT2D eigenvalue weighted by molar-refractivity contribution is 7.99. The summed E-state index contributed by atoms with van der Waals surface area (Å²) in [5.41, 5.74) is 0. The van der Waals surface area contributed by atoms with Crippen LogP contribution in [-0.2, 0) is 0 Å². The van der Waals surface area contributed by atoms with Crippen molar-refractivity contribution in [3.05, 3.63) is 28.6 Å². The standard InChI is InChI=1S/C10H9Cl2N5S/c1-17(2)9-14-8(12)15-10(16-9)18-7-6(11)4-3-5-13-7/h3-5H,1-2H3. The first-order valence-corrected chi connectivity index (χ1v) is 6.51. The van der Waals surface area contributed by atoms with E-state index in [1.54, 1.807) is 23.2 Å². The summed E-state index contributed by atoms with van der Waals surface area (Å²) < 4.78 is 0. The van der Waals surface area contributed by atoms with E-state index in [2.05, 4.69) is 19.9 Å². The van der Waals surface area contributed by atoms with Gasteiger partial charge < -0.3 is 4.90 Å². The van der Waals surface area contributed by atoms with Gasteiger partial charge in [0.15, 0.2) is 5.16 Å². The maximum absolute atomic E-state index is 6.02. The Morgan fingerprint density at radius 3 is 2.61 bits per heavy atom. The molecule has 0 saturated carbocycles. The van der Waals surface area contributed by atoms with Gasteiger partial charge in [-0.3, -0.25) is 0 Å². The molecule has 2 aromatic heterocycles. The van der Waals surface area contributed by atoms with Gasteiger partial charge >= 0.3 is 0 Å². The lowest BCUT2D eigenvalue weighted by atomic mass is 10.5. The van der Waals surface area contributed by atoms with Crippen LogP contribution in [0.1, 0.15) is 0 Å². The number of pyridine rings is 1. The van der Waals surface area contributed by atoms with E-state index in [4.69, 9.17) is 23.2 Å². The highest BCUT2D eigenvalue weighted by atomic mass is 35.5. The molecule has 0 fully saturated rings. The molecule has 2 aromatic rings. The van der Waals surface area contributed by atoms with Crippen molar-refractivity contribution < 1.29 is 0 Å². The Morgan fingerprint density at radius 2 is 1.94 bits per heavy atom. The summed E-state index contributed by atoms with van der Waals surface area (Å²) in [5.74, 6) is 0.490. The Labute approximate surface area is 119 Å². The Hall–Kier alpha value is -1.11. The number of aromatic nitrogens is 4. The lowest BCUT2D eigenvalue weighted by Gasteiger charge is -2.10. The molecule has 8 heteroatoms. The van der Waals surface area contributed by atoms with Crippen LogP contribution in [0.3, 0.4) is 0 Å². The smallest absolute Gasteiger partial charge is 0.230 e. The number of anilines is 1. The lowest BCUT2D eigenvalue weighted by molar-refractivity contribution is 0.864. The molecule has 18 heavy (non-hydrogen) atoms. The Bertz CT molecular complexity index is 564. The third-order valence-electron chi connectivity index (χ3n) is 1.89. The zero-order chi connectivity index (χ0) is 13.1. The van der Waals surface area contributed by atoms with Gasteiger partial charge in [-0.1, -0.05) is 11.6 Å². The van der Waals surface area contributed by atoms with Crippen molar-refractivity contribution in [3.8, 4) is 0 Å². The van der Waals surface area contributed by atoms with Gasteiger partial charge in [0.2, 0.25) is 11.2 Å². The third-order valence-corrected chi connectivity index (χ3v) is 3.36. The van der Waals surface area contributed by atoms with Crippen molar-refractivity contribution in [1.29, 1.82) is 0 Å². The minimum atomic E-state index is 0.142. The van der Waals surface area contributed by atoms with Gasteiger partial charge in [-0.05, 0) is 35.5 Å². The maximum atomic E-state index is 6.02. The van der Waals surface area contributed by atoms with Crippen LogP contribution >= 0.6 is 35.0 Å². The second-order valence-electron chi connectivity index (χ2n) is 3.47. The molecule has 0 radical (unpaired) electrons. The molecule has 0 bridgehead atoms. The average molecular weight is 302 g/mol. The van der Waals surface area contributed by atoms with Gasteiger partial charge in [-0.25, -0.2) is 4.98 Å². The van der Waals surface area contributed by atoms with E-state index in [9.17, 15) is 0 Å². The van der Waals surface area contributed by atoms with E-state index in [0.717, 1.165) is 0 Å². The second-order valence-corrected chi connectivity index (χ2v) is 5.18. The number of hydrogen-bond donors (Lipinski definition) is 0. The monoisotopic (exact) mass is 301 g/mol. The van der Waals surface area contributed by atoms with E-state index in [1.165, 1.54) is 11.8 Å². The molecule has 2 rings (SSSR count). The van der Waals surface area contributed by atoms with Crippen LogP contribution in [0.2, 0.25) is 10.3 Å². The maximum Gasteiger partial charge on any atom is 0.230 e. The first-order chi connectivity index (χ1) is 8.56. The lowest BCUT2D eigenvalue weighted by Crippen LogP contribution is -2.13. The molecular formula is C10H9Cl2N5S. The molecule has 0 aliphatic heterocycles. The molecule has 0 aliphatic rings. The minimum absolute atomic E-state index is 0.142.